The summed E-state index contributed by atoms with van der Waals surface area (Å²) in [5.41, 5.74) is 1.74. The van der Waals surface area contributed by atoms with Crippen LogP contribution in [0.3, 0.4) is 0 Å². The number of amides is 1. The maximum absolute atomic E-state index is 12.9. The van der Waals surface area contributed by atoms with Gasteiger partial charge in [0, 0.05) is 4.88 Å². The number of hydrogen-bond donors (Lipinski definition) is 1. The van der Waals surface area contributed by atoms with E-state index in [1.54, 1.807) is 34.8 Å². The topological polar surface area (TPSA) is 42.0 Å². The number of nitrogens with zero attached hydrogens (tertiary/aromatic N) is 1. The Morgan fingerprint density at radius 2 is 2.04 bits per heavy atom. The molecule has 1 amide bonds. The fourth-order valence-corrected chi connectivity index (χ4v) is 3.93. The molecule has 118 valence electrons. The third kappa shape index (κ3) is 4.03. The molecule has 3 rings (SSSR count). The van der Waals surface area contributed by atoms with Gasteiger partial charge in [0.05, 0.1) is 23.5 Å². The zero-order valence-electron chi connectivity index (χ0n) is 12.5. The van der Waals surface area contributed by atoms with E-state index in [1.165, 1.54) is 12.1 Å². The van der Waals surface area contributed by atoms with Crippen molar-refractivity contribution in [2.75, 3.05) is 0 Å². The molecule has 23 heavy (non-hydrogen) atoms. The molecule has 0 fully saturated rings. The van der Waals surface area contributed by atoms with Crippen LogP contribution in [0.2, 0.25) is 0 Å². The van der Waals surface area contributed by atoms with Crippen molar-refractivity contribution in [3.63, 3.8) is 0 Å². The fourth-order valence-electron chi connectivity index (χ4n) is 2.13. The van der Waals surface area contributed by atoms with E-state index in [9.17, 15) is 9.18 Å². The van der Waals surface area contributed by atoms with E-state index in [0.29, 0.717) is 6.54 Å². The molecule has 2 heterocycles. The van der Waals surface area contributed by atoms with Crippen molar-refractivity contribution >= 4 is 28.6 Å². The minimum absolute atomic E-state index is 0.0814. The Balaban J connectivity index is 1.59. The van der Waals surface area contributed by atoms with Gasteiger partial charge < -0.3 is 5.32 Å². The maximum atomic E-state index is 12.9. The number of carbonyl (C=O) groups is 1. The Labute approximate surface area is 141 Å². The van der Waals surface area contributed by atoms with E-state index in [1.807, 2.05) is 24.4 Å². The number of hydrogen-bond acceptors (Lipinski definition) is 4. The van der Waals surface area contributed by atoms with E-state index in [0.717, 1.165) is 26.0 Å². The van der Waals surface area contributed by atoms with Crippen molar-refractivity contribution in [2.24, 2.45) is 0 Å². The van der Waals surface area contributed by atoms with Gasteiger partial charge in [0.15, 0.2) is 0 Å². The molecule has 0 unspecified atom stereocenters. The van der Waals surface area contributed by atoms with Gasteiger partial charge in [0.1, 0.15) is 10.8 Å². The molecule has 3 aromatic rings. The molecule has 0 radical (unpaired) electrons. The lowest BCUT2D eigenvalue weighted by atomic mass is 10.1. The summed E-state index contributed by atoms with van der Waals surface area (Å²) >= 11 is 3.26. The van der Waals surface area contributed by atoms with E-state index >= 15 is 0 Å². The van der Waals surface area contributed by atoms with Gasteiger partial charge >= 0.3 is 0 Å². The number of carbonyl (C=O) groups excluding carboxylic acids is 1. The van der Waals surface area contributed by atoms with Crippen molar-refractivity contribution in [2.45, 2.75) is 19.9 Å². The first-order valence-electron chi connectivity index (χ1n) is 7.13. The van der Waals surface area contributed by atoms with Gasteiger partial charge in [-0.1, -0.05) is 18.2 Å². The SMILES string of the molecule is Cc1nc(-c2cccs2)sc1CNC(=O)Cc1ccc(F)cc1. The second-order valence-corrected chi connectivity index (χ2v) is 7.12. The maximum Gasteiger partial charge on any atom is 0.224 e. The predicted octanol–water partition coefficient (Wildman–Crippen LogP) is 4.18. The van der Waals surface area contributed by atoms with Crippen LogP contribution in [0.4, 0.5) is 4.39 Å². The molecule has 6 heteroatoms. The van der Waals surface area contributed by atoms with Gasteiger partial charge in [0.25, 0.3) is 0 Å². The zero-order chi connectivity index (χ0) is 16.2. The molecule has 0 aliphatic heterocycles. The molecule has 0 aliphatic carbocycles. The number of thiazole rings is 1. The summed E-state index contributed by atoms with van der Waals surface area (Å²) in [4.78, 5) is 18.8. The van der Waals surface area contributed by atoms with Crippen LogP contribution in [0.15, 0.2) is 41.8 Å². The van der Waals surface area contributed by atoms with Crippen molar-refractivity contribution in [1.82, 2.24) is 10.3 Å². The smallest absolute Gasteiger partial charge is 0.224 e. The lowest BCUT2D eigenvalue weighted by Gasteiger charge is -2.04. The number of thiophene rings is 1. The molecule has 3 nitrogen and oxygen atoms in total. The number of aryl methyl sites for hydroxylation is 1. The average molecular weight is 346 g/mol. The molecular formula is C17H15FN2OS2. The Morgan fingerprint density at radius 1 is 1.26 bits per heavy atom. The third-order valence-electron chi connectivity index (χ3n) is 3.35. The monoisotopic (exact) mass is 346 g/mol. The molecule has 0 saturated carbocycles. The Hall–Kier alpha value is -2.05. The van der Waals surface area contributed by atoms with Crippen LogP contribution < -0.4 is 5.32 Å². The highest BCUT2D eigenvalue weighted by atomic mass is 32.1. The molecule has 0 spiro atoms. The Morgan fingerprint density at radius 3 is 2.74 bits per heavy atom. The first kappa shape index (κ1) is 15.8. The van der Waals surface area contributed by atoms with Gasteiger partial charge in [-0.3, -0.25) is 4.79 Å². The first-order valence-corrected chi connectivity index (χ1v) is 8.83. The van der Waals surface area contributed by atoms with Crippen molar-refractivity contribution < 1.29 is 9.18 Å². The number of halogens is 1. The molecule has 0 aliphatic rings. The summed E-state index contributed by atoms with van der Waals surface area (Å²) in [6, 6.07) is 10.0. The van der Waals surface area contributed by atoms with Gasteiger partial charge in [0.2, 0.25) is 5.91 Å². The van der Waals surface area contributed by atoms with Crippen LogP contribution in [0.25, 0.3) is 9.88 Å². The number of rotatable bonds is 5. The Bertz CT molecular complexity index is 795. The standard InChI is InChI=1S/C17H15FN2OS2/c1-11-15(23-17(20-11)14-3-2-8-22-14)10-19-16(21)9-12-4-6-13(18)7-5-12/h2-8H,9-10H2,1H3,(H,19,21). The summed E-state index contributed by atoms with van der Waals surface area (Å²) < 4.78 is 12.9. The summed E-state index contributed by atoms with van der Waals surface area (Å²) in [5.74, 6) is -0.377. The van der Waals surface area contributed by atoms with E-state index < -0.39 is 0 Å². The van der Waals surface area contributed by atoms with Crippen LogP contribution >= 0.6 is 22.7 Å². The van der Waals surface area contributed by atoms with Gasteiger partial charge in [-0.15, -0.1) is 22.7 Å². The first-order chi connectivity index (χ1) is 11.1. The quantitative estimate of drug-likeness (QED) is 0.753. The van der Waals surface area contributed by atoms with Crippen molar-refractivity contribution in [1.29, 1.82) is 0 Å². The third-order valence-corrected chi connectivity index (χ3v) is 5.55. The highest BCUT2D eigenvalue weighted by molar-refractivity contribution is 7.21. The molecule has 0 bridgehead atoms. The van der Waals surface area contributed by atoms with Gasteiger partial charge in [-0.2, -0.15) is 0 Å². The van der Waals surface area contributed by atoms with E-state index in [-0.39, 0.29) is 18.1 Å². The number of benzene rings is 1. The van der Waals surface area contributed by atoms with E-state index in [4.69, 9.17) is 0 Å². The van der Waals surface area contributed by atoms with Crippen molar-refractivity contribution in [3.05, 3.63) is 63.7 Å². The minimum Gasteiger partial charge on any atom is -0.351 e. The van der Waals surface area contributed by atoms with Crippen LogP contribution in [0, 0.1) is 12.7 Å². The molecule has 1 N–H and O–H groups in total. The van der Waals surface area contributed by atoms with Crippen LogP contribution in [0.1, 0.15) is 16.1 Å². The highest BCUT2D eigenvalue weighted by Crippen LogP contribution is 2.30. The average Bonchev–Trinajstić information content (AvgIpc) is 3.17. The lowest BCUT2D eigenvalue weighted by Crippen LogP contribution is -2.24. The minimum atomic E-state index is -0.296. The van der Waals surface area contributed by atoms with Crippen LogP contribution in [-0.2, 0) is 17.8 Å². The van der Waals surface area contributed by atoms with Crippen LogP contribution in [-0.4, -0.2) is 10.9 Å². The molecule has 1 aromatic carbocycles. The van der Waals surface area contributed by atoms with Gasteiger partial charge in [-0.25, -0.2) is 9.37 Å². The predicted molar refractivity (Wildman–Crippen MR) is 92.1 cm³/mol. The molecule has 2 aromatic heterocycles. The summed E-state index contributed by atoms with van der Waals surface area (Å²) in [5, 5.41) is 5.91. The normalized spacial score (nSPS) is 10.7. The summed E-state index contributed by atoms with van der Waals surface area (Å²) in [6.07, 6.45) is 0.246. The van der Waals surface area contributed by atoms with Gasteiger partial charge in [-0.05, 0) is 36.1 Å². The molecule has 0 saturated heterocycles. The molecule has 0 atom stereocenters. The second kappa shape index (κ2) is 7.02. The zero-order valence-corrected chi connectivity index (χ0v) is 14.1. The second-order valence-electron chi connectivity index (χ2n) is 5.08. The van der Waals surface area contributed by atoms with Crippen molar-refractivity contribution in [3.8, 4) is 9.88 Å². The molecular weight excluding hydrogens is 331 g/mol. The largest absolute Gasteiger partial charge is 0.351 e. The van der Waals surface area contributed by atoms with E-state index in [2.05, 4.69) is 10.3 Å². The highest BCUT2D eigenvalue weighted by Gasteiger charge is 2.11. The summed E-state index contributed by atoms with van der Waals surface area (Å²) in [6.45, 7) is 2.42. The Kier molecular flexibility index (Phi) is 4.83. The summed E-state index contributed by atoms with van der Waals surface area (Å²) in [7, 11) is 0. The lowest BCUT2D eigenvalue weighted by molar-refractivity contribution is -0.120. The fraction of sp³-hybridized carbons (Fsp3) is 0.176. The van der Waals surface area contributed by atoms with Crippen LogP contribution in [0.5, 0.6) is 0 Å². The number of nitrogens with one attached hydrogen (secondary N) is 1. The number of aromatic nitrogens is 1.